The lowest BCUT2D eigenvalue weighted by molar-refractivity contribution is 0.140. The molecule has 0 saturated carbocycles. The molecule has 0 aromatic carbocycles. The minimum atomic E-state index is -3.15. The highest BCUT2D eigenvalue weighted by molar-refractivity contribution is 7.92. The van der Waals surface area contributed by atoms with Crippen molar-refractivity contribution in [2.45, 2.75) is 5.25 Å². The van der Waals surface area contributed by atoms with Crippen molar-refractivity contribution >= 4 is 27.1 Å². The smallest absolute Gasteiger partial charge is 0.285 e. The summed E-state index contributed by atoms with van der Waals surface area (Å²) in [5.74, 6) is 0.0146. The summed E-state index contributed by atoms with van der Waals surface area (Å²) in [6, 6.07) is 0. The second kappa shape index (κ2) is 5.25. The molecule has 1 saturated heterocycles. The molecule has 0 amide bonds. The van der Waals surface area contributed by atoms with Gasteiger partial charge < -0.3 is 10.1 Å². The van der Waals surface area contributed by atoms with E-state index < -0.39 is 20.6 Å². The Morgan fingerprint density at radius 3 is 3.11 bits per heavy atom. The largest absolute Gasteiger partial charge is 0.381 e. The Labute approximate surface area is 108 Å². The summed E-state index contributed by atoms with van der Waals surface area (Å²) in [6.45, 7) is 0.503. The minimum Gasteiger partial charge on any atom is -0.381 e. The topological polar surface area (TPSA) is 101 Å². The molecule has 0 spiro atoms. The molecule has 0 radical (unpaired) electrons. The van der Waals surface area contributed by atoms with Gasteiger partial charge in [0.2, 0.25) is 0 Å². The van der Waals surface area contributed by atoms with Gasteiger partial charge >= 0.3 is 0 Å². The fourth-order valence-corrected chi connectivity index (χ4v) is 3.06. The molecular formula is C9H12ClN3O4S. The van der Waals surface area contributed by atoms with Crippen LogP contribution < -0.4 is 10.9 Å². The molecule has 7 nitrogen and oxygen atoms in total. The summed E-state index contributed by atoms with van der Waals surface area (Å²) < 4.78 is 28.6. The van der Waals surface area contributed by atoms with Gasteiger partial charge in [0, 0.05) is 6.54 Å². The molecule has 1 fully saturated rings. The summed E-state index contributed by atoms with van der Waals surface area (Å²) >= 11 is 5.76. The molecule has 2 N–H and O–H groups in total. The van der Waals surface area contributed by atoms with E-state index in [0.29, 0.717) is 5.69 Å². The van der Waals surface area contributed by atoms with Crippen LogP contribution in [-0.2, 0) is 14.6 Å². The van der Waals surface area contributed by atoms with Crippen molar-refractivity contribution in [3.05, 3.63) is 21.6 Å². The molecule has 2 rings (SSSR count). The molecule has 1 atom stereocenters. The molecule has 2 heterocycles. The fraction of sp³-hybridized carbons (Fsp3) is 0.556. The van der Waals surface area contributed by atoms with Gasteiger partial charge in [0.25, 0.3) is 5.56 Å². The normalized spacial score (nSPS) is 22.6. The molecule has 18 heavy (non-hydrogen) atoms. The first-order valence-corrected chi connectivity index (χ1v) is 7.36. The number of hydrogen-bond donors (Lipinski definition) is 2. The van der Waals surface area contributed by atoms with Gasteiger partial charge in [0.05, 0.1) is 30.9 Å². The Balaban J connectivity index is 2.07. The van der Waals surface area contributed by atoms with E-state index in [1.807, 2.05) is 0 Å². The maximum absolute atomic E-state index is 11.7. The zero-order valence-electron chi connectivity index (χ0n) is 9.35. The quantitative estimate of drug-likeness (QED) is 0.790. The van der Waals surface area contributed by atoms with Crippen molar-refractivity contribution in [1.82, 2.24) is 10.2 Å². The van der Waals surface area contributed by atoms with Gasteiger partial charge in [-0.2, -0.15) is 5.10 Å². The van der Waals surface area contributed by atoms with E-state index in [-0.39, 0.29) is 30.5 Å². The van der Waals surface area contributed by atoms with E-state index in [1.165, 1.54) is 6.20 Å². The van der Waals surface area contributed by atoms with Crippen molar-refractivity contribution in [2.75, 3.05) is 30.8 Å². The number of ether oxygens (including phenoxy) is 1. The van der Waals surface area contributed by atoms with Gasteiger partial charge in [0.15, 0.2) is 9.84 Å². The first kappa shape index (κ1) is 13.3. The van der Waals surface area contributed by atoms with E-state index in [0.717, 1.165) is 0 Å². The molecule has 1 aromatic rings. The summed E-state index contributed by atoms with van der Waals surface area (Å²) in [5.41, 5.74) is -0.217. The highest BCUT2D eigenvalue weighted by Gasteiger charge is 2.29. The summed E-state index contributed by atoms with van der Waals surface area (Å²) in [6.07, 6.45) is 1.33. The van der Waals surface area contributed by atoms with Crippen LogP contribution >= 0.6 is 11.6 Å². The fourth-order valence-electron chi connectivity index (χ4n) is 1.58. The second-order valence-corrected chi connectivity index (χ2v) is 6.65. The number of nitrogens with zero attached hydrogens (tertiary/aromatic N) is 1. The summed E-state index contributed by atoms with van der Waals surface area (Å²) in [7, 11) is -3.15. The van der Waals surface area contributed by atoms with Gasteiger partial charge in [0.1, 0.15) is 10.3 Å². The molecule has 1 aromatic heterocycles. The molecule has 0 bridgehead atoms. The van der Waals surface area contributed by atoms with E-state index in [9.17, 15) is 13.2 Å². The Kier molecular flexibility index (Phi) is 3.88. The van der Waals surface area contributed by atoms with Crippen LogP contribution in [0.4, 0.5) is 5.69 Å². The number of rotatable bonds is 3. The first-order valence-electron chi connectivity index (χ1n) is 5.27. The zero-order valence-corrected chi connectivity index (χ0v) is 10.9. The summed E-state index contributed by atoms with van der Waals surface area (Å²) in [5, 5.41) is 7.88. The predicted octanol–water partition coefficient (Wildman–Crippen LogP) is -0.351. The number of aromatic nitrogens is 2. The molecular weight excluding hydrogens is 282 g/mol. The standard InChI is InChI=1S/C9H12ClN3O4S/c10-8-7(4-12-13-9(8)14)11-3-6-5-17-1-2-18(6,15)16/h4,6H,1-3,5H2,(H2,11,13,14)/t6-/m1/s1. The molecule has 0 aliphatic carbocycles. The lowest BCUT2D eigenvalue weighted by atomic mass is 10.4. The number of halogens is 1. The lowest BCUT2D eigenvalue weighted by Crippen LogP contribution is -2.40. The third kappa shape index (κ3) is 2.82. The van der Waals surface area contributed by atoms with Crippen molar-refractivity contribution in [3.63, 3.8) is 0 Å². The van der Waals surface area contributed by atoms with Gasteiger partial charge in [-0.05, 0) is 0 Å². The van der Waals surface area contributed by atoms with E-state index >= 15 is 0 Å². The van der Waals surface area contributed by atoms with Gasteiger partial charge in [-0.15, -0.1) is 0 Å². The minimum absolute atomic E-state index is 0.0146. The Bertz CT molecular complexity index is 586. The highest BCUT2D eigenvalue weighted by Crippen LogP contribution is 2.16. The molecule has 9 heteroatoms. The van der Waals surface area contributed by atoms with Crippen LogP contribution in [0.2, 0.25) is 5.02 Å². The number of anilines is 1. The van der Waals surface area contributed by atoms with Gasteiger partial charge in [-0.1, -0.05) is 11.6 Å². The molecule has 100 valence electrons. The van der Waals surface area contributed by atoms with Crippen LogP contribution in [0, 0.1) is 0 Å². The number of aromatic amines is 1. The molecule has 1 aliphatic rings. The van der Waals surface area contributed by atoms with Crippen LogP contribution in [0.3, 0.4) is 0 Å². The van der Waals surface area contributed by atoms with Gasteiger partial charge in [-0.3, -0.25) is 4.79 Å². The second-order valence-electron chi connectivity index (χ2n) is 3.87. The van der Waals surface area contributed by atoms with Crippen molar-refractivity contribution < 1.29 is 13.2 Å². The maximum Gasteiger partial charge on any atom is 0.285 e. The average Bonchev–Trinajstić information content (AvgIpc) is 2.32. The van der Waals surface area contributed by atoms with E-state index in [1.54, 1.807) is 0 Å². The van der Waals surface area contributed by atoms with Crippen LogP contribution in [0.1, 0.15) is 0 Å². The van der Waals surface area contributed by atoms with E-state index in [4.69, 9.17) is 16.3 Å². The third-order valence-electron chi connectivity index (χ3n) is 2.64. The highest BCUT2D eigenvalue weighted by atomic mass is 35.5. The zero-order chi connectivity index (χ0) is 13.2. The Hall–Kier alpha value is -1.12. The number of H-pyrrole nitrogens is 1. The van der Waals surface area contributed by atoms with Crippen molar-refractivity contribution in [1.29, 1.82) is 0 Å². The van der Waals surface area contributed by atoms with Crippen LogP contribution in [-0.4, -0.2) is 49.4 Å². The van der Waals surface area contributed by atoms with Crippen LogP contribution in [0.5, 0.6) is 0 Å². The number of hydrogen-bond acceptors (Lipinski definition) is 6. The Morgan fingerprint density at radius 1 is 1.61 bits per heavy atom. The number of nitrogens with one attached hydrogen (secondary N) is 2. The van der Waals surface area contributed by atoms with Crippen LogP contribution in [0.15, 0.2) is 11.0 Å². The maximum atomic E-state index is 11.7. The third-order valence-corrected chi connectivity index (χ3v) is 5.07. The van der Waals surface area contributed by atoms with Crippen molar-refractivity contribution in [2.24, 2.45) is 0 Å². The average molecular weight is 294 g/mol. The van der Waals surface area contributed by atoms with E-state index in [2.05, 4.69) is 15.5 Å². The number of sulfone groups is 1. The molecule has 1 aliphatic heterocycles. The van der Waals surface area contributed by atoms with Crippen LogP contribution in [0.25, 0.3) is 0 Å². The molecule has 0 unspecified atom stereocenters. The Morgan fingerprint density at radius 2 is 2.39 bits per heavy atom. The van der Waals surface area contributed by atoms with Gasteiger partial charge in [-0.25, -0.2) is 13.5 Å². The predicted molar refractivity (Wildman–Crippen MR) is 66.8 cm³/mol. The van der Waals surface area contributed by atoms with Crippen molar-refractivity contribution in [3.8, 4) is 0 Å². The lowest BCUT2D eigenvalue weighted by Gasteiger charge is -2.23. The first-order chi connectivity index (χ1) is 8.50. The monoisotopic (exact) mass is 293 g/mol. The SMILES string of the molecule is O=c1[nH]ncc(NC[C@@H]2COCCS2(=O)=O)c1Cl. The summed E-state index contributed by atoms with van der Waals surface area (Å²) in [4.78, 5) is 11.2.